The maximum Gasteiger partial charge on any atom is 0.307 e. The van der Waals surface area contributed by atoms with Gasteiger partial charge in [0.2, 0.25) is 10.0 Å². The summed E-state index contributed by atoms with van der Waals surface area (Å²) in [5.74, 6) is -0.966. The van der Waals surface area contributed by atoms with E-state index in [0.29, 0.717) is 18.7 Å². The lowest BCUT2D eigenvalue weighted by atomic mass is 10.0. The molecule has 1 fully saturated rings. The van der Waals surface area contributed by atoms with Gasteiger partial charge in [-0.1, -0.05) is 12.1 Å². The van der Waals surface area contributed by atoms with Crippen molar-refractivity contribution in [2.75, 3.05) is 19.7 Å². The molecule has 21 heavy (non-hydrogen) atoms. The molecule has 0 spiro atoms. The number of rotatable bonds is 5. The molecule has 0 amide bonds. The van der Waals surface area contributed by atoms with E-state index in [9.17, 15) is 18.3 Å². The molecule has 1 aliphatic heterocycles. The van der Waals surface area contributed by atoms with Gasteiger partial charge in [-0.2, -0.15) is 4.31 Å². The van der Waals surface area contributed by atoms with E-state index in [1.165, 1.54) is 28.6 Å². The van der Waals surface area contributed by atoms with Gasteiger partial charge in [-0.05, 0) is 36.5 Å². The Morgan fingerprint density at radius 3 is 2.52 bits per heavy atom. The first-order valence-electron chi connectivity index (χ1n) is 6.85. The van der Waals surface area contributed by atoms with E-state index in [0.717, 1.165) is 12.8 Å². The smallest absolute Gasteiger partial charge is 0.307 e. The van der Waals surface area contributed by atoms with Crippen molar-refractivity contribution < 1.29 is 23.4 Å². The Bertz CT molecular complexity index is 596. The fourth-order valence-corrected chi connectivity index (χ4v) is 4.05. The molecule has 0 radical (unpaired) electrons. The monoisotopic (exact) mass is 313 g/mol. The summed E-state index contributed by atoms with van der Waals surface area (Å²) in [6, 6.07) is 5.93. The number of hydrogen-bond acceptors (Lipinski definition) is 4. The second kappa shape index (κ2) is 6.55. The van der Waals surface area contributed by atoms with Gasteiger partial charge >= 0.3 is 5.97 Å². The number of piperidine rings is 1. The third-order valence-corrected chi connectivity index (χ3v) is 5.54. The molecule has 7 heteroatoms. The molecule has 1 heterocycles. The Balaban J connectivity index is 2.17. The number of aliphatic carboxylic acids is 1. The fraction of sp³-hybridized carbons (Fsp3) is 0.500. The Hall–Kier alpha value is -1.44. The number of carbonyl (C=O) groups is 1. The van der Waals surface area contributed by atoms with Crippen molar-refractivity contribution in [3.63, 3.8) is 0 Å². The van der Waals surface area contributed by atoms with Gasteiger partial charge in [-0.15, -0.1) is 0 Å². The van der Waals surface area contributed by atoms with Crippen molar-refractivity contribution in [3.8, 4) is 0 Å². The zero-order chi connectivity index (χ0) is 15.5. The number of carboxylic acids is 1. The lowest BCUT2D eigenvalue weighted by Gasteiger charge is -2.30. The van der Waals surface area contributed by atoms with E-state index in [1.54, 1.807) is 0 Å². The topological polar surface area (TPSA) is 94.9 Å². The minimum Gasteiger partial charge on any atom is -0.481 e. The highest BCUT2D eigenvalue weighted by Crippen LogP contribution is 2.23. The Morgan fingerprint density at radius 1 is 1.29 bits per heavy atom. The van der Waals surface area contributed by atoms with E-state index in [2.05, 4.69) is 0 Å². The Kier molecular flexibility index (Phi) is 4.97. The van der Waals surface area contributed by atoms with E-state index in [4.69, 9.17) is 5.11 Å². The quantitative estimate of drug-likeness (QED) is 0.834. The van der Waals surface area contributed by atoms with Crippen LogP contribution in [0.4, 0.5) is 0 Å². The number of carboxylic acid groups (broad SMARTS) is 1. The molecule has 0 saturated carbocycles. The standard InChI is InChI=1S/C14H19NO5S/c16-10-12-2-1-7-15(9-12)21(19,20)13-5-3-11(4-6-13)8-14(17)18/h3-6,12,16H,1-2,7-10H2,(H,17,18). The summed E-state index contributed by atoms with van der Waals surface area (Å²) in [6.07, 6.45) is 1.44. The van der Waals surface area contributed by atoms with E-state index >= 15 is 0 Å². The van der Waals surface area contributed by atoms with Crippen LogP contribution in [0.2, 0.25) is 0 Å². The number of benzene rings is 1. The molecule has 0 aromatic heterocycles. The maximum absolute atomic E-state index is 12.5. The largest absolute Gasteiger partial charge is 0.481 e. The summed E-state index contributed by atoms with van der Waals surface area (Å²) in [4.78, 5) is 10.8. The average Bonchev–Trinajstić information content (AvgIpc) is 2.47. The number of nitrogens with zero attached hydrogens (tertiary/aromatic N) is 1. The van der Waals surface area contributed by atoms with Crippen LogP contribution in [0.25, 0.3) is 0 Å². The molecular weight excluding hydrogens is 294 g/mol. The van der Waals surface area contributed by atoms with Crippen molar-refractivity contribution >= 4 is 16.0 Å². The van der Waals surface area contributed by atoms with Gasteiger partial charge < -0.3 is 10.2 Å². The molecule has 6 nitrogen and oxygen atoms in total. The number of hydrogen-bond donors (Lipinski definition) is 2. The van der Waals surface area contributed by atoms with Crippen molar-refractivity contribution in [1.82, 2.24) is 4.31 Å². The van der Waals surface area contributed by atoms with Crippen molar-refractivity contribution in [3.05, 3.63) is 29.8 Å². The summed E-state index contributed by atoms with van der Waals surface area (Å²) in [5, 5.41) is 17.9. The van der Waals surface area contributed by atoms with Gasteiger partial charge in [0, 0.05) is 19.7 Å². The Morgan fingerprint density at radius 2 is 1.95 bits per heavy atom. The molecule has 2 rings (SSSR count). The van der Waals surface area contributed by atoms with Crippen LogP contribution in [0.15, 0.2) is 29.2 Å². The molecule has 1 atom stereocenters. The van der Waals surface area contributed by atoms with Gasteiger partial charge in [-0.25, -0.2) is 8.42 Å². The molecule has 116 valence electrons. The lowest BCUT2D eigenvalue weighted by Crippen LogP contribution is -2.40. The average molecular weight is 313 g/mol. The molecule has 1 unspecified atom stereocenters. The fourth-order valence-electron chi connectivity index (χ4n) is 2.50. The van der Waals surface area contributed by atoms with Crippen LogP contribution in [0.3, 0.4) is 0 Å². The van der Waals surface area contributed by atoms with Gasteiger partial charge in [0.25, 0.3) is 0 Å². The highest BCUT2D eigenvalue weighted by molar-refractivity contribution is 7.89. The van der Waals surface area contributed by atoms with Gasteiger partial charge in [-0.3, -0.25) is 4.79 Å². The zero-order valence-electron chi connectivity index (χ0n) is 11.6. The summed E-state index contributed by atoms with van der Waals surface area (Å²) in [5.41, 5.74) is 0.563. The second-order valence-corrected chi connectivity index (χ2v) is 7.21. The van der Waals surface area contributed by atoms with Crippen LogP contribution in [0.1, 0.15) is 18.4 Å². The highest BCUT2D eigenvalue weighted by Gasteiger charge is 2.29. The minimum atomic E-state index is -3.58. The molecule has 1 saturated heterocycles. The van der Waals surface area contributed by atoms with Crippen LogP contribution in [-0.2, 0) is 21.2 Å². The molecule has 1 aliphatic rings. The molecule has 0 aliphatic carbocycles. The molecular formula is C14H19NO5S. The Labute approximate surface area is 124 Å². The molecule has 2 N–H and O–H groups in total. The third kappa shape index (κ3) is 3.81. The summed E-state index contributed by atoms with van der Waals surface area (Å²) >= 11 is 0. The van der Waals surface area contributed by atoms with Gasteiger partial charge in [0.1, 0.15) is 0 Å². The van der Waals surface area contributed by atoms with Crippen molar-refractivity contribution in [2.24, 2.45) is 5.92 Å². The van der Waals surface area contributed by atoms with Crippen LogP contribution < -0.4 is 0 Å². The predicted octanol–water partition coefficient (Wildman–Crippen LogP) is 0.707. The van der Waals surface area contributed by atoms with E-state index < -0.39 is 16.0 Å². The number of aliphatic hydroxyl groups is 1. The summed E-state index contributed by atoms with van der Waals surface area (Å²) in [6.45, 7) is 0.773. The van der Waals surface area contributed by atoms with Crippen molar-refractivity contribution in [1.29, 1.82) is 0 Å². The van der Waals surface area contributed by atoms with Crippen LogP contribution in [-0.4, -0.2) is 48.6 Å². The molecule has 1 aromatic carbocycles. The highest BCUT2D eigenvalue weighted by atomic mass is 32.2. The zero-order valence-corrected chi connectivity index (χ0v) is 12.4. The first-order valence-corrected chi connectivity index (χ1v) is 8.29. The SMILES string of the molecule is O=C(O)Cc1ccc(S(=O)(=O)N2CCCC(CO)C2)cc1. The number of sulfonamides is 1. The second-order valence-electron chi connectivity index (χ2n) is 5.27. The van der Waals surface area contributed by atoms with E-state index in [-0.39, 0.29) is 23.8 Å². The molecule has 0 bridgehead atoms. The molecule has 1 aromatic rings. The summed E-state index contributed by atoms with van der Waals surface area (Å²) in [7, 11) is -3.58. The van der Waals surface area contributed by atoms with E-state index in [1.807, 2.05) is 0 Å². The van der Waals surface area contributed by atoms with Crippen LogP contribution in [0.5, 0.6) is 0 Å². The maximum atomic E-state index is 12.5. The van der Waals surface area contributed by atoms with Crippen molar-refractivity contribution in [2.45, 2.75) is 24.2 Å². The number of aliphatic hydroxyl groups excluding tert-OH is 1. The van der Waals surface area contributed by atoms with Gasteiger partial charge in [0.15, 0.2) is 0 Å². The van der Waals surface area contributed by atoms with Gasteiger partial charge in [0.05, 0.1) is 11.3 Å². The lowest BCUT2D eigenvalue weighted by molar-refractivity contribution is -0.136. The normalized spacial score (nSPS) is 20.3. The third-order valence-electron chi connectivity index (χ3n) is 3.66. The summed E-state index contributed by atoms with van der Waals surface area (Å²) < 4.78 is 26.4. The first-order chi connectivity index (χ1) is 9.93. The predicted molar refractivity (Wildman–Crippen MR) is 76.4 cm³/mol. The minimum absolute atomic E-state index is 0.0103. The van der Waals surface area contributed by atoms with Crippen LogP contribution >= 0.6 is 0 Å². The van der Waals surface area contributed by atoms with Crippen LogP contribution in [0, 0.1) is 5.92 Å². The first kappa shape index (κ1) is 15.9.